The second kappa shape index (κ2) is 7.38. The number of hydrogen-bond acceptors (Lipinski definition) is 4. The van der Waals surface area contributed by atoms with Gasteiger partial charge in [-0.05, 0) is 20.8 Å². The predicted octanol–water partition coefficient (Wildman–Crippen LogP) is 1.63. The summed E-state index contributed by atoms with van der Waals surface area (Å²) < 4.78 is 9.84. The van der Waals surface area contributed by atoms with Gasteiger partial charge in [-0.1, -0.05) is 12.7 Å². The van der Waals surface area contributed by atoms with Crippen molar-refractivity contribution < 1.29 is 19.1 Å². The van der Waals surface area contributed by atoms with Crippen molar-refractivity contribution in [3.05, 3.63) is 12.7 Å². The Hall–Kier alpha value is -1.96. The van der Waals surface area contributed by atoms with Crippen LogP contribution in [0.2, 0.25) is 0 Å². The molecule has 1 amide bonds. The highest BCUT2D eigenvalue weighted by Gasteiger charge is 2.26. The number of rotatable bonds is 5. The SMILES string of the molecule is C#CCC(NC(=O)OCC=C)C(=O)OC(C)(C)C. The van der Waals surface area contributed by atoms with E-state index in [0.717, 1.165) is 0 Å². The van der Waals surface area contributed by atoms with Gasteiger partial charge in [0.15, 0.2) is 0 Å². The third-order valence-electron chi connectivity index (χ3n) is 1.64. The van der Waals surface area contributed by atoms with Gasteiger partial charge >= 0.3 is 12.1 Å². The van der Waals surface area contributed by atoms with Crippen molar-refractivity contribution in [3.8, 4) is 12.3 Å². The number of hydrogen-bond donors (Lipinski definition) is 1. The van der Waals surface area contributed by atoms with Gasteiger partial charge in [0.2, 0.25) is 0 Å². The Balaban J connectivity index is 4.47. The molecule has 0 rings (SSSR count). The lowest BCUT2D eigenvalue weighted by Crippen LogP contribution is -2.44. The number of esters is 1. The largest absolute Gasteiger partial charge is 0.458 e. The number of carbonyl (C=O) groups is 2. The van der Waals surface area contributed by atoms with Crippen LogP contribution in [0.5, 0.6) is 0 Å². The van der Waals surface area contributed by atoms with Crippen molar-refractivity contribution in [2.45, 2.75) is 38.8 Å². The van der Waals surface area contributed by atoms with Crippen molar-refractivity contribution in [2.24, 2.45) is 0 Å². The Morgan fingerprint density at radius 1 is 1.50 bits per heavy atom. The van der Waals surface area contributed by atoms with E-state index in [-0.39, 0.29) is 13.0 Å². The van der Waals surface area contributed by atoms with Crippen LogP contribution < -0.4 is 5.32 Å². The van der Waals surface area contributed by atoms with E-state index in [4.69, 9.17) is 15.9 Å². The molecule has 1 N–H and O–H groups in total. The first kappa shape index (κ1) is 16.0. The lowest BCUT2D eigenvalue weighted by Gasteiger charge is -2.23. The number of alkyl carbamates (subject to hydrolysis) is 1. The second-order valence-corrected chi connectivity index (χ2v) is 4.53. The van der Waals surface area contributed by atoms with E-state index in [1.807, 2.05) is 0 Å². The van der Waals surface area contributed by atoms with Crippen LogP contribution >= 0.6 is 0 Å². The molecule has 0 spiro atoms. The fraction of sp³-hybridized carbons (Fsp3) is 0.538. The molecule has 0 fully saturated rings. The molecule has 100 valence electrons. The molecule has 18 heavy (non-hydrogen) atoms. The van der Waals surface area contributed by atoms with Crippen LogP contribution in [-0.4, -0.2) is 30.3 Å². The maximum absolute atomic E-state index is 11.7. The Morgan fingerprint density at radius 2 is 2.11 bits per heavy atom. The summed E-state index contributed by atoms with van der Waals surface area (Å²) in [5, 5.41) is 2.35. The maximum Gasteiger partial charge on any atom is 0.408 e. The lowest BCUT2D eigenvalue weighted by molar-refractivity contribution is -0.157. The summed E-state index contributed by atoms with van der Waals surface area (Å²) in [6.45, 7) is 8.65. The zero-order valence-corrected chi connectivity index (χ0v) is 11.0. The van der Waals surface area contributed by atoms with Crippen molar-refractivity contribution in [1.82, 2.24) is 5.32 Å². The molecule has 5 nitrogen and oxygen atoms in total. The number of ether oxygens (including phenoxy) is 2. The van der Waals surface area contributed by atoms with Crippen LogP contribution in [0.3, 0.4) is 0 Å². The Kier molecular flexibility index (Phi) is 6.58. The van der Waals surface area contributed by atoms with Gasteiger partial charge in [-0.2, -0.15) is 0 Å². The topological polar surface area (TPSA) is 64.6 Å². The van der Waals surface area contributed by atoms with Crippen molar-refractivity contribution >= 4 is 12.1 Å². The number of amides is 1. The van der Waals surface area contributed by atoms with Gasteiger partial charge in [0.25, 0.3) is 0 Å². The predicted molar refractivity (Wildman–Crippen MR) is 67.8 cm³/mol. The second-order valence-electron chi connectivity index (χ2n) is 4.53. The molecule has 0 aromatic carbocycles. The highest BCUT2D eigenvalue weighted by molar-refractivity contribution is 5.81. The molecular formula is C13H19NO4. The minimum absolute atomic E-state index is 0.0398. The van der Waals surface area contributed by atoms with Gasteiger partial charge in [0.1, 0.15) is 18.2 Å². The molecule has 1 atom stereocenters. The highest BCUT2D eigenvalue weighted by Crippen LogP contribution is 2.09. The quantitative estimate of drug-likeness (QED) is 0.459. The molecule has 0 aromatic rings. The molecule has 0 saturated heterocycles. The molecule has 0 radical (unpaired) electrons. The van der Waals surface area contributed by atoms with E-state index in [2.05, 4.69) is 17.8 Å². The van der Waals surface area contributed by atoms with E-state index < -0.39 is 23.7 Å². The Morgan fingerprint density at radius 3 is 2.56 bits per heavy atom. The fourth-order valence-corrected chi connectivity index (χ4v) is 1.00. The first-order valence-corrected chi connectivity index (χ1v) is 5.50. The van der Waals surface area contributed by atoms with E-state index in [1.165, 1.54) is 6.08 Å². The average Bonchev–Trinajstić information content (AvgIpc) is 2.23. The number of terminal acetylenes is 1. The first-order chi connectivity index (χ1) is 8.30. The number of nitrogens with one attached hydrogen (secondary N) is 1. The fourth-order valence-electron chi connectivity index (χ4n) is 1.00. The van der Waals surface area contributed by atoms with Gasteiger partial charge in [-0.15, -0.1) is 12.3 Å². The average molecular weight is 253 g/mol. The Bertz CT molecular complexity index is 349. The van der Waals surface area contributed by atoms with Crippen LogP contribution in [0, 0.1) is 12.3 Å². The zero-order valence-electron chi connectivity index (χ0n) is 11.0. The van der Waals surface area contributed by atoms with Gasteiger partial charge in [-0.3, -0.25) is 0 Å². The third kappa shape index (κ3) is 7.34. The normalized spacial score (nSPS) is 11.9. The summed E-state index contributed by atoms with van der Waals surface area (Å²) in [5.74, 6) is 1.72. The van der Waals surface area contributed by atoms with E-state index in [0.29, 0.717) is 0 Å². The number of carbonyl (C=O) groups excluding carboxylic acids is 2. The van der Waals surface area contributed by atoms with Crippen LogP contribution in [0.25, 0.3) is 0 Å². The van der Waals surface area contributed by atoms with Gasteiger partial charge < -0.3 is 14.8 Å². The zero-order chi connectivity index (χ0) is 14.2. The summed E-state index contributed by atoms with van der Waals surface area (Å²) in [7, 11) is 0. The van der Waals surface area contributed by atoms with Crippen LogP contribution in [-0.2, 0) is 14.3 Å². The smallest absolute Gasteiger partial charge is 0.408 e. The molecule has 0 bridgehead atoms. The molecular weight excluding hydrogens is 234 g/mol. The van der Waals surface area contributed by atoms with Crippen LogP contribution in [0.15, 0.2) is 12.7 Å². The molecule has 0 heterocycles. The van der Waals surface area contributed by atoms with Crippen molar-refractivity contribution in [3.63, 3.8) is 0 Å². The van der Waals surface area contributed by atoms with Crippen molar-refractivity contribution in [2.75, 3.05) is 6.61 Å². The van der Waals surface area contributed by atoms with E-state index >= 15 is 0 Å². The van der Waals surface area contributed by atoms with Crippen LogP contribution in [0.1, 0.15) is 27.2 Å². The third-order valence-corrected chi connectivity index (χ3v) is 1.64. The molecule has 0 saturated carbocycles. The summed E-state index contributed by atoms with van der Waals surface area (Å²) in [5.41, 5.74) is -0.642. The minimum Gasteiger partial charge on any atom is -0.458 e. The minimum atomic E-state index is -0.911. The standard InChI is InChI=1S/C13H19NO4/c1-6-8-10(11(15)18-13(3,4)5)14-12(16)17-9-7-2/h1,7,10H,2,8-9H2,3-5H3,(H,14,16). The monoisotopic (exact) mass is 253 g/mol. The van der Waals surface area contributed by atoms with E-state index in [9.17, 15) is 9.59 Å². The molecule has 0 aromatic heterocycles. The van der Waals surface area contributed by atoms with Crippen LogP contribution in [0.4, 0.5) is 4.79 Å². The first-order valence-electron chi connectivity index (χ1n) is 5.50. The Labute approximate surface area is 108 Å². The molecule has 5 heteroatoms. The summed E-state index contributed by atoms with van der Waals surface area (Å²) in [6, 6.07) is -0.911. The molecule has 0 aliphatic heterocycles. The van der Waals surface area contributed by atoms with Gasteiger partial charge in [0.05, 0.1) is 0 Å². The van der Waals surface area contributed by atoms with E-state index in [1.54, 1.807) is 20.8 Å². The maximum atomic E-state index is 11.7. The van der Waals surface area contributed by atoms with Gasteiger partial charge in [0, 0.05) is 6.42 Å². The molecule has 0 aliphatic carbocycles. The summed E-state index contributed by atoms with van der Waals surface area (Å²) in [4.78, 5) is 23.0. The highest BCUT2D eigenvalue weighted by atomic mass is 16.6. The lowest BCUT2D eigenvalue weighted by atomic mass is 10.1. The molecule has 1 unspecified atom stereocenters. The molecule has 0 aliphatic rings. The summed E-state index contributed by atoms with van der Waals surface area (Å²) in [6.07, 6.45) is 5.87. The van der Waals surface area contributed by atoms with Crippen molar-refractivity contribution in [1.29, 1.82) is 0 Å². The summed E-state index contributed by atoms with van der Waals surface area (Å²) >= 11 is 0. The van der Waals surface area contributed by atoms with Gasteiger partial charge in [-0.25, -0.2) is 9.59 Å².